The third kappa shape index (κ3) is 4.05. The van der Waals surface area contributed by atoms with Gasteiger partial charge in [-0.1, -0.05) is 29.8 Å². The molecule has 0 radical (unpaired) electrons. The van der Waals surface area contributed by atoms with E-state index in [1.54, 1.807) is 12.1 Å². The van der Waals surface area contributed by atoms with Crippen molar-refractivity contribution in [1.29, 1.82) is 5.26 Å². The monoisotopic (exact) mass is 366 g/mol. The molecule has 1 heterocycles. The highest BCUT2D eigenvalue weighted by Gasteiger charge is 2.11. The largest absolute Gasteiger partial charge is 0.277 e. The first kappa shape index (κ1) is 17.2. The number of nitriles is 1. The second-order valence-electron chi connectivity index (χ2n) is 5.53. The fourth-order valence-corrected chi connectivity index (χ4v) is 3.17. The van der Waals surface area contributed by atoms with Crippen LogP contribution in [0.3, 0.4) is 0 Å². The first-order chi connectivity index (χ1) is 12.1. The molecule has 0 unspecified atom stereocenters. The zero-order valence-electron chi connectivity index (χ0n) is 13.7. The smallest absolute Gasteiger partial charge is 0.196 e. The van der Waals surface area contributed by atoms with E-state index < -0.39 is 0 Å². The van der Waals surface area contributed by atoms with Crippen LogP contribution in [0.25, 0.3) is 11.3 Å². The molecule has 2 aromatic carbocycles. The topological polar surface area (TPSA) is 61.1 Å². The van der Waals surface area contributed by atoms with Gasteiger partial charge in [0.15, 0.2) is 10.7 Å². The highest BCUT2D eigenvalue weighted by molar-refractivity contribution is 7.12. The van der Waals surface area contributed by atoms with E-state index in [2.05, 4.69) is 47.6 Å². The van der Waals surface area contributed by atoms with E-state index in [1.807, 2.05) is 23.6 Å². The molecule has 0 aliphatic carbocycles. The molecule has 3 rings (SSSR count). The summed E-state index contributed by atoms with van der Waals surface area (Å²) >= 11 is 7.34. The molecule has 124 valence electrons. The second kappa shape index (κ2) is 7.47. The molecule has 0 bridgehead atoms. The maximum absolute atomic E-state index is 9.39. The summed E-state index contributed by atoms with van der Waals surface area (Å²) in [6, 6.07) is 15.5. The van der Waals surface area contributed by atoms with Gasteiger partial charge in [-0.3, -0.25) is 5.43 Å². The normalized spacial score (nSPS) is 11.2. The van der Waals surface area contributed by atoms with E-state index in [9.17, 15) is 5.26 Å². The van der Waals surface area contributed by atoms with Crippen molar-refractivity contribution in [3.8, 4) is 17.3 Å². The fraction of sp³-hybridized carbons (Fsp3) is 0.105. The first-order valence-electron chi connectivity index (χ1n) is 7.59. The lowest BCUT2D eigenvalue weighted by Gasteiger charge is -2.02. The SMILES string of the molecule is Cc1ccc(-c2csc(/C(C#N)=N/Nc3cccc(Cl)c3)n2)cc1C. The summed E-state index contributed by atoms with van der Waals surface area (Å²) in [7, 11) is 0. The molecule has 6 heteroatoms. The minimum absolute atomic E-state index is 0.236. The number of halogens is 1. The van der Waals surface area contributed by atoms with Gasteiger partial charge in [0.1, 0.15) is 6.07 Å². The van der Waals surface area contributed by atoms with Gasteiger partial charge in [-0.25, -0.2) is 4.98 Å². The van der Waals surface area contributed by atoms with Crippen LogP contribution < -0.4 is 5.43 Å². The molecule has 0 aliphatic rings. The van der Waals surface area contributed by atoms with E-state index in [4.69, 9.17) is 11.6 Å². The van der Waals surface area contributed by atoms with Crippen molar-refractivity contribution < 1.29 is 0 Å². The van der Waals surface area contributed by atoms with Gasteiger partial charge in [-0.2, -0.15) is 10.4 Å². The maximum Gasteiger partial charge on any atom is 0.196 e. The van der Waals surface area contributed by atoms with Gasteiger partial charge in [0.2, 0.25) is 0 Å². The van der Waals surface area contributed by atoms with Crippen LogP contribution in [0.4, 0.5) is 5.69 Å². The lowest BCUT2D eigenvalue weighted by Crippen LogP contribution is -2.01. The Kier molecular flexibility index (Phi) is 5.13. The van der Waals surface area contributed by atoms with Gasteiger partial charge in [0.25, 0.3) is 0 Å². The van der Waals surface area contributed by atoms with E-state index in [0.29, 0.717) is 15.7 Å². The standard InChI is InChI=1S/C19H15ClN4S/c1-12-6-7-14(8-13(12)2)18-11-25-19(22-18)17(10-21)24-23-16-5-3-4-15(20)9-16/h3-9,11,23H,1-2H3/b24-17+. The lowest BCUT2D eigenvalue weighted by molar-refractivity contribution is 1.30. The van der Waals surface area contributed by atoms with Crippen LogP contribution in [0.1, 0.15) is 16.1 Å². The summed E-state index contributed by atoms with van der Waals surface area (Å²) in [5, 5.41) is 16.7. The molecule has 0 aliphatic heterocycles. The molecule has 4 nitrogen and oxygen atoms in total. The first-order valence-corrected chi connectivity index (χ1v) is 8.85. The quantitative estimate of drug-likeness (QED) is 0.495. The molecule has 0 spiro atoms. The Bertz CT molecular complexity index is 985. The number of benzene rings is 2. The van der Waals surface area contributed by atoms with Gasteiger partial charge >= 0.3 is 0 Å². The second-order valence-corrected chi connectivity index (χ2v) is 6.83. The van der Waals surface area contributed by atoms with E-state index >= 15 is 0 Å². The number of nitrogens with zero attached hydrogens (tertiary/aromatic N) is 3. The minimum Gasteiger partial charge on any atom is -0.277 e. The summed E-state index contributed by atoms with van der Waals surface area (Å²) in [6.07, 6.45) is 0. The molecule has 25 heavy (non-hydrogen) atoms. The lowest BCUT2D eigenvalue weighted by atomic mass is 10.1. The number of hydrogen-bond donors (Lipinski definition) is 1. The van der Waals surface area contributed by atoms with Gasteiger partial charge in [0.05, 0.1) is 11.4 Å². The highest BCUT2D eigenvalue weighted by atomic mass is 35.5. The third-order valence-corrected chi connectivity index (χ3v) is 4.82. The van der Waals surface area contributed by atoms with Gasteiger partial charge < -0.3 is 0 Å². The molecular weight excluding hydrogens is 352 g/mol. The summed E-state index contributed by atoms with van der Waals surface area (Å²) in [4.78, 5) is 4.55. The van der Waals surface area contributed by atoms with Gasteiger partial charge in [-0.15, -0.1) is 11.3 Å². The molecule has 0 fully saturated rings. The summed E-state index contributed by atoms with van der Waals surface area (Å²) in [5.41, 5.74) is 8.12. The molecular formula is C19H15ClN4S. The molecule has 1 N–H and O–H groups in total. The molecule has 3 aromatic rings. The van der Waals surface area contributed by atoms with Crippen molar-refractivity contribution in [1.82, 2.24) is 4.98 Å². The predicted octanol–water partition coefficient (Wildman–Crippen LogP) is 5.42. The van der Waals surface area contributed by atoms with Crippen LogP contribution in [-0.4, -0.2) is 10.7 Å². The fourth-order valence-electron chi connectivity index (χ4n) is 2.21. The average molecular weight is 367 g/mol. The van der Waals surface area contributed by atoms with E-state index in [1.165, 1.54) is 22.5 Å². The van der Waals surface area contributed by atoms with Crippen molar-refractivity contribution in [2.75, 3.05) is 5.43 Å². The highest BCUT2D eigenvalue weighted by Crippen LogP contribution is 2.24. The third-order valence-electron chi connectivity index (χ3n) is 3.74. The Labute approximate surface area is 155 Å². The van der Waals surface area contributed by atoms with E-state index in [0.717, 1.165) is 11.3 Å². The number of hydrazone groups is 1. The van der Waals surface area contributed by atoms with Crippen LogP contribution in [0.5, 0.6) is 0 Å². The van der Waals surface area contributed by atoms with Crippen molar-refractivity contribution in [3.63, 3.8) is 0 Å². The Morgan fingerprint density at radius 1 is 1.20 bits per heavy atom. The van der Waals surface area contributed by atoms with E-state index in [-0.39, 0.29) is 5.71 Å². The Morgan fingerprint density at radius 2 is 2.04 bits per heavy atom. The number of nitrogens with one attached hydrogen (secondary N) is 1. The number of aryl methyl sites for hydroxylation is 2. The van der Waals surface area contributed by atoms with Crippen LogP contribution in [-0.2, 0) is 0 Å². The van der Waals surface area contributed by atoms with Crippen molar-refractivity contribution in [3.05, 3.63) is 69.0 Å². The zero-order chi connectivity index (χ0) is 17.8. The molecule has 0 saturated carbocycles. The number of rotatable bonds is 4. The van der Waals surface area contributed by atoms with Crippen molar-refractivity contribution in [2.45, 2.75) is 13.8 Å². The number of thiazole rings is 1. The van der Waals surface area contributed by atoms with Crippen molar-refractivity contribution >= 4 is 34.3 Å². The average Bonchev–Trinajstić information content (AvgIpc) is 3.08. The summed E-state index contributed by atoms with van der Waals surface area (Å²) < 4.78 is 0. The number of aromatic nitrogens is 1. The molecule has 1 aromatic heterocycles. The van der Waals surface area contributed by atoms with Crippen LogP contribution >= 0.6 is 22.9 Å². The summed E-state index contributed by atoms with van der Waals surface area (Å²) in [6.45, 7) is 4.15. The maximum atomic E-state index is 9.39. The zero-order valence-corrected chi connectivity index (χ0v) is 15.3. The van der Waals surface area contributed by atoms with Crippen LogP contribution in [0.15, 0.2) is 52.9 Å². The van der Waals surface area contributed by atoms with Crippen LogP contribution in [0.2, 0.25) is 5.02 Å². The number of hydrogen-bond acceptors (Lipinski definition) is 5. The molecule has 0 amide bonds. The van der Waals surface area contributed by atoms with Crippen molar-refractivity contribution in [2.24, 2.45) is 5.10 Å². The Balaban J connectivity index is 1.85. The minimum atomic E-state index is 0.236. The van der Waals surface area contributed by atoms with Crippen LogP contribution in [0, 0.1) is 25.2 Å². The van der Waals surface area contributed by atoms with Gasteiger partial charge in [-0.05, 0) is 49.2 Å². The Morgan fingerprint density at radius 3 is 2.76 bits per heavy atom. The molecule has 0 atom stereocenters. The molecule has 0 saturated heterocycles. The number of anilines is 1. The Hall–Kier alpha value is -2.68. The summed E-state index contributed by atoms with van der Waals surface area (Å²) in [5.74, 6) is 0. The predicted molar refractivity (Wildman–Crippen MR) is 104 cm³/mol. The van der Waals surface area contributed by atoms with Gasteiger partial charge in [0, 0.05) is 16.0 Å².